The Morgan fingerprint density at radius 2 is 1.76 bits per heavy atom. The van der Waals surface area contributed by atoms with Crippen LogP contribution in [-0.2, 0) is 0 Å². The molecule has 0 aliphatic carbocycles. The lowest BCUT2D eigenvalue weighted by atomic mass is 10.2. The molecule has 2 heteroatoms. The van der Waals surface area contributed by atoms with Gasteiger partial charge in [-0.2, -0.15) is 4.57 Å². The van der Waals surface area contributed by atoms with Crippen molar-refractivity contribution >= 4 is 23.4 Å². The fourth-order valence-corrected chi connectivity index (χ4v) is 1.75. The number of halogens is 1. The molecule has 0 fully saturated rings. The molecule has 0 aliphatic heterocycles. The zero-order chi connectivity index (χ0) is 12.1. The monoisotopic (exact) mass is 242 g/mol. The summed E-state index contributed by atoms with van der Waals surface area (Å²) in [5.74, 6) is 0. The SMILES string of the molecule is C=CC(=Cc1ccccc1Cl)[n+]1ccccc1. The molecule has 0 bridgehead atoms. The molecule has 0 radical (unpaired) electrons. The van der Waals surface area contributed by atoms with Gasteiger partial charge in [-0.15, -0.1) is 0 Å². The number of benzene rings is 1. The molecule has 0 N–H and O–H groups in total. The number of hydrogen-bond donors (Lipinski definition) is 0. The van der Waals surface area contributed by atoms with Crippen LogP contribution in [0.5, 0.6) is 0 Å². The molecule has 1 aromatic heterocycles. The first-order valence-electron chi connectivity index (χ1n) is 5.36. The topological polar surface area (TPSA) is 3.88 Å². The fraction of sp³-hybridized carbons (Fsp3) is 0. The summed E-state index contributed by atoms with van der Waals surface area (Å²) in [6, 6.07) is 13.7. The van der Waals surface area contributed by atoms with Gasteiger partial charge in [-0.05, 0) is 11.6 Å². The van der Waals surface area contributed by atoms with E-state index in [1.807, 2.05) is 71.6 Å². The van der Waals surface area contributed by atoms with Gasteiger partial charge >= 0.3 is 0 Å². The third-order valence-corrected chi connectivity index (χ3v) is 2.78. The van der Waals surface area contributed by atoms with Gasteiger partial charge in [0, 0.05) is 29.3 Å². The highest BCUT2D eigenvalue weighted by molar-refractivity contribution is 6.32. The van der Waals surface area contributed by atoms with E-state index in [0.29, 0.717) is 0 Å². The summed E-state index contributed by atoms with van der Waals surface area (Å²) in [6.45, 7) is 3.83. The molecule has 1 aromatic carbocycles. The molecule has 0 saturated carbocycles. The Morgan fingerprint density at radius 3 is 2.41 bits per heavy atom. The van der Waals surface area contributed by atoms with E-state index in [2.05, 4.69) is 6.58 Å². The Hall–Kier alpha value is -1.86. The van der Waals surface area contributed by atoms with Crippen molar-refractivity contribution < 1.29 is 4.57 Å². The molecule has 0 amide bonds. The summed E-state index contributed by atoms with van der Waals surface area (Å²) in [4.78, 5) is 0. The predicted molar refractivity (Wildman–Crippen MR) is 72.5 cm³/mol. The van der Waals surface area contributed by atoms with Crippen LogP contribution in [0.15, 0.2) is 67.5 Å². The molecule has 0 aliphatic rings. The van der Waals surface area contributed by atoms with Crippen molar-refractivity contribution in [3.63, 3.8) is 0 Å². The van der Waals surface area contributed by atoms with Gasteiger partial charge < -0.3 is 0 Å². The van der Waals surface area contributed by atoms with E-state index in [9.17, 15) is 0 Å². The van der Waals surface area contributed by atoms with E-state index in [-0.39, 0.29) is 0 Å². The summed E-state index contributed by atoms with van der Waals surface area (Å²) in [6.07, 6.45) is 7.77. The minimum atomic E-state index is 0.739. The first-order valence-corrected chi connectivity index (χ1v) is 5.74. The van der Waals surface area contributed by atoms with Crippen LogP contribution in [0.25, 0.3) is 11.8 Å². The molecule has 0 unspecified atom stereocenters. The van der Waals surface area contributed by atoms with Gasteiger partial charge in [0.05, 0.1) is 0 Å². The smallest absolute Gasteiger partial charge is 0.167 e. The van der Waals surface area contributed by atoms with Crippen molar-refractivity contribution in [1.82, 2.24) is 0 Å². The number of rotatable bonds is 3. The van der Waals surface area contributed by atoms with Crippen molar-refractivity contribution in [2.75, 3.05) is 0 Å². The Kier molecular flexibility index (Phi) is 3.73. The number of pyridine rings is 1. The molecule has 0 atom stereocenters. The summed E-state index contributed by atoms with van der Waals surface area (Å²) >= 11 is 6.12. The molecule has 0 spiro atoms. The Labute approximate surface area is 106 Å². The largest absolute Gasteiger partial charge is 0.210 e. The van der Waals surface area contributed by atoms with Gasteiger partial charge in [0.2, 0.25) is 5.70 Å². The molecule has 2 rings (SSSR count). The molecule has 84 valence electrons. The van der Waals surface area contributed by atoms with Crippen molar-refractivity contribution in [2.24, 2.45) is 0 Å². The molecular formula is C15H13ClN+. The van der Waals surface area contributed by atoms with E-state index >= 15 is 0 Å². The van der Waals surface area contributed by atoms with Crippen LogP contribution < -0.4 is 4.57 Å². The Balaban J connectivity index is 2.44. The van der Waals surface area contributed by atoms with Crippen LogP contribution in [0.1, 0.15) is 5.56 Å². The van der Waals surface area contributed by atoms with Crippen LogP contribution in [-0.4, -0.2) is 0 Å². The summed E-state index contributed by atoms with van der Waals surface area (Å²) < 4.78 is 2.00. The normalized spacial score (nSPS) is 11.2. The molecular weight excluding hydrogens is 230 g/mol. The van der Waals surface area contributed by atoms with Crippen molar-refractivity contribution in [3.8, 4) is 0 Å². The second-order valence-corrected chi connectivity index (χ2v) is 3.98. The molecule has 1 nitrogen and oxygen atoms in total. The van der Waals surface area contributed by atoms with E-state index < -0.39 is 0 Å². The highest BCUT2D eigenvalue weighted by Crippen LogP contribution is 2.18. The zero-order valence-corrected chi connectivity index (χ0v) is 10.1. The van der Waals surface area contributed by atoms with Crippen LogP contribution in [0.3, 0.4) is 0 Å². The van der Waals surface area contributed by atoms with Gasteiger partial charge in [-0.25, -0.2) is 0 Å². The van der Waals surface area contributed by atoms with Crippen LogP contribution in [0.2, 0.25) is 5.02 Å². The van der Waals surface area contributed by atoms with E-state index in [1.54, 1.807) is 0 Å². The summed E-state index contributed by atoms with van der Waals surface area (Å²) in [5, 5.41) is 0.739. The third-order valence-electron chi connectivity index (χ3n) is 2.43. The first-order chi connectivity index (χ1) is 8.31. The van der Waals surface area contributed by atoms with E-state index in [4.69, 9.17) is 11.6 Å². The summed E-state index contributed by atoms with van der Waals surface area (Å²) in [5.41, 5.74) is 1.97. The average Bonchev–Trinajstić information content (AvgIpc) is 2.39. The van der Waals surface area contributed by atoms with Gasteiger partial charge in [0.1, 0.15) is 0 Å². The van der Waals surface area contributed by atoms with Crippen molar-refractivity contribution in [2.45, 2.75) is 0 Å². The maximum absolute atomic E-state index is 6.12. The lowest BCUT2D eigenvalue weighted by Gasteiger charge is -1.98. The highest BCUT2D eigenvalue weighted by atomic mass is 35.5. The van der Waals surface area contributed by atoms with Gasteiger partial charge in [-0.3, -0.25) is 0 Å². The highest BCUT2D eigenvalue weighted by Gasteiger charge is 2.05. The van der Waals surface area contributed by atoms with Crippen LogP contribution in [0, 0.1) is 0 Å². The second-order valence-electron chi connectivity index (χ2n) is 3.58. The third kappa shape index (κ3) is 2.83. The first kappa shape index (κ1) is 11.6. The Bertz CT molecular complexity index is 544. The van der Waals surface area contributed by atoms with Crippen molar-refractivity contribution in [1.29, 1.82) is 0 Å². The van der Waals surface area contributed by atoms with Gasteiger partial charge in [0.25, 0.3) is 0 Å². The number of hydrogen-bond acceptors (Lipinski definition) is 0. The molecule has 17 heavy (non-hydrogen) atoms. The number of allylic oxidation sites excluding steroid dienone is 2. The zero-order valence-electron chi connectivity index (χ0n) is 9.38. The number of nitrogens with zero attached hydrogens (tertiary/aromatic N) is 1. The lowest BCUT2D eigenvalue weighted by molar-refractivity contribution is -0.577. The van der Waals surface area contributed by atoms with Gasteiger partial charge in [0.15, 0.2) is 12.4 Å². The maximum Gasteiger partial charge on any atom is 0.210 e. The van der Waals surface area contributed by atoms with Crippen LogP contribution in [0.4, 0.5) is 0 Å². The summed E-state index contributed by atoms with van der Waals surface area (Å²) in [7, 11) is 0. The second kappa shape index (κ2) is 5.46. The maximum atomic E-state index is 6.12. The molecule has 1 heterocycles. The van der Waals surface area contributed by atoms with E-state index in [0.717, 1.165) is 16.3 Å². The predicted octanol–water partition coefficient (Wildman–Crippen LogP) is 3.81. The standard InChI is InChI=1S/C15H13ClN/c1-2-14(17-10-6-3-7-11-17)12-13-8-4-5-9-15(13)16/h2-12H,1H2/q+1. The quantitative estimate of drug-likeness (QED) is 0.569. The molecule has 2 aromatic rings. The number of aromatic nitrogens is 1. The lowest BCUT2D eigenvalue weighted by Crippen LogP contribution is -2.29. The molecule has 0 saturated heterocycles. The minimum absolute atomic E-state index is 0.739. The van der Waals surface area contributed by atoms with Gasteiger partial charge in [-0.1, -0.05) is 42.4 Å². The Morgan fingerprint density at radius 1 is 1.06 bits per heavy atom. The minimum Gasteiger partial charge on any atom is -0.167 e. The average molecular weight is 243 g/mol. The van der Waals surface area contributed by atoms with Crippen molar-refractivity contribution in [3.05, 3.63) is 78.1 Å². The fourth-order valence-electron chi connectivity index (χ4n) is 1.56. The van der Waals surface area contributed by atoms with E-state index in [1.165, 1.54) is 0 Å². The van der Waals surface area contributed by atoms with Crippen LogP contribution >= 0.6 is 11.6 Å².